The molecule has 27 heavy (non-hydrogen) atoms. The van der Waals surface area contributed by atoms with E-state index in [-0.39, 0.29) is 0 Å². The summed E-state index contributed by atoms with van der Waals surface area (Å²) in [6.45, 7) is 5.25. The average molecular weight is 376 g/mol. The molecule has 7 heteroatoms. The summed E-state index contributed by atoms with van der Waals surface area (Å²) in [6, 6.07) is 4.92. The quantitative estimate of drug-likeness (QED) is 0.670. The molecule has 0 bridgehead atoms. The highest BCUT2D eigenvalue weighted by Crippen LogP contribution is 2.31. The number of ether oxygens (including phenoxy) is 1. The molecule has 0 radical (unpaired) electrons. The topological polar surface area (TPSA) is 99.1 Å². The minimum atomic E-state index is -1.26. The van der Waals surface area contributed by atoms with Crippen LogP contribution in [0.15, 0.2) is 24.3 Å². The maximum absolute atomic E-state index is 9.55. The molecule has 1 aromatic carbocycles. The molecule has 0 atom stereocenters. The Labute approximate surface area is 159 Å². The molecule has 0 saturated carbocycles. The Morgan fingerprint density at radius 1 is 1.07 bits per heavy atom. The first kappa shape index (κ1) is 20.9. The van der Waals surface area contributed by atoms with Gasteiger partial charge in [-0.2, -0.15) is 0 Å². The monoisotopic (exact) mass is 376 g/mol. The van der Waals surface area contributed by atoms with Crippen molar-refractivity contribution < 1.29 is 24.5 Å². The molecule has 2 aliphatic rings. The lowest BCUT2D eigenvalue weighted by molar-refractivity contribution is -0.134. The van der Waals surface area contributed by atoms with Gasteiger partial charge in [0, 0.05) is 38.0 Å². The fourth-order valence-electron chi connectivity index (χ4n) is 3.42. The van der Waals surface area contributed by atoms with E-state index in [1.165, 1.54) is 37.9 Å². The van der Waals surface area contributed by atoms with Crippen molar-refractivity contribution in [1.29, 1.82) is 0 Å². The van der Waals surface area contributed by atoms with Crippen molar-refractivity contribution in [3.8, 4) is 0 Å². The smallest absolute Gasteiger partial charge is 0.328 e. The average Bonchev–Trinajstić information content (AvgIpc) is 2.88. The molecule has 0 spiro atoms. The molecule has 0 fully saturated rings. The standard InChI is InChI=1S/C16H24N2O.C4H4O4/c1-19-10-9-18-8-2-3-15-11-13-4-6-17-7-5-14(13)12-16(15)18;5-3(6)1-2-4(7)8/h11-12,17H,2-10H2,1H3;1-2H,(H,5,6)(H,7,8)/b;2-1+. The minimum absolute atomic E-state index is 0.558. The fourth-order valence-corrected chi connectivity index (χ4v) is 3.42. The second-order valence-electron chi connectivity index (χ2n) is 6.59. The van der Waals surface area contributed by atoms with Gasteiger partial charge in [-0.05, 0) is 61.5 Å². The third-order valence-electron chi connectivity index (χ3n) is 4.69. The predicted octanol–water partition coefficient (Wildman–Crippen LogP) is 1.49. The number of benzene rings is 1. The van der Waals surface area contributed by atoms with E-state index in [0.29, 0.717) is 12.2 Å². The third kappa shape index (κ3) is 6.69. The zero-order chi connectivity index (χ0) is 19.6. The van der Waals surface area contributed by atoms with E-state index in [0.717, 1.165) is 26.2 Å². The first-order chi connectivity index (χ1) is 13.0. The number of fused-ring (bicyclic) bond motifs is 2. The summed E-state index contributed by atoms with van der Waals surface area (Å²) in [5.41, 5.74) is 6.12. The molecule has 2 heterocycles. The number of aliphatic carboxylic acids is 2. The number of carboxylic acids is 2. The Bertz CT molecular complexity index is 671. The van der Waals surface area contributed by atoms with Crippen LogP contribution in [0.4, 0.5) is 5.69 Å². The summed E-state index contributed by atoms with van der Waals surface area (Å²) in [5.74, 6) is -2.51. The number of rotatable bonds is 5. The highest BCUT2D eigenvalue weighted by Gasteiger charge is 2.19. The van der Waals surface area contributed by atoms with Crippen molar-refractivity contribution in [2.24, 2.45) is 0 Å². The van der Waals surface area contributed by atoms with Gasteiger partial charge in [0.15, 0.2) is 0 Å². The van der Waals surface area contributed by atoms with E-state index in [1.54, 1.807) is 23.8 Å². The van der Waals surface area contributed by atoms with Gasteiger partial charge in [0.2, 0.25) is 0 Å². The van der Waals surface area contributed by atoms with E-state index >= 15 is 0 Å². The van der Waals surface area contributed by atoms with Gasteiger partial charge >= 0.3 is 11.9 Å². The molecule has 7 nitrogen and oxygen atoms in total. The number of nitrogens with one attached hydrogen (secondary N) is 1. The second-order valence-corrected chi connectivity index (χ2v) is 6.59. The highest BCUT2D eigenvalue weighted by molar-refractivity contribution is 5.89. The number of hydrogen-bond acceptors (Lipinski definition) is 5. The van der Waals surface area contributed by atoms with Crippen molar-refractivity contribution in [2.45, 2.75) is 25.7 Å². The first-order valence-corrected chi connectivity index (χ1v) is 9.24. The molecule has 148 valence electrons. The Hall–Kier alpha value is -2.38. The fraction of sp³-hybridized carbons (Fsp3) is 0.500. The summed E-state index contributed by atoms with van der Waals surface area (Å²) in [7, 11) is 1.79. The number of nitrogens with zero attached hydrogens (tertiary/aromatic N) is 1. The Morgan fingerprint density at radius 3 is 2.30 bits per heavy atom. The maximum atomic E-state index is 9.55. The molecule has 0 saturated heterocycles. The van der Waals surface area contributed by atoms with Gasteiger partial charge in [-0.3, -0.25) is 0 Å². The number of hydrogen-bond donors (Lipinski definition) is 3. The normalized spacial score (nSPS) is 16.0. The molecule has 3 rings (SSSR count). The van der Waals surface area contributed by atoms with Crippen LogP contribution < -0.4 is 10.2 Å². The largest absolute Gasteiger partial charge is 0.478 e. The molecule has 1 aromatic rings. The molecule has 0 amide bonds. The lowest BCUT2D eigenvalue weighted by atomic mass is 9.93. The van der Waals surface area contributed by atoms with Crippen LogP contribution in [0.3, 0.4) is 0 Å². The first-order valence-electron chi connectivity index (χ1n) is 9.24. The van der Waals surface area contributed by atoms with Crippen LogP contribution in [0, 0.1) is 0 Å². The van der Waals surface area contributed by atoms with Crippen LogP contribution in [0.2, 0.25) is 0 Å². The van der Waals surface area contributed by atoms with E-state index in [4.69, 9.17) is 14.9 Å². The van der Waals surface area contributed by atoms with Crippen LogP contribution in [0.25, 0.3) is 0 Å². The van der Waals surface area contributed by atoms with Gasteiger partial charge < -0.3 is 25.2 Å². The minimum Gasteiger partial charge on any atom is -0.478 e. The molecular weight excluding hydrogens is 348 g/mol. The number of anilines is 1. The van der Waals surface area contributed by atoms with Gasteiger partial charge in [-0.15, -0.1) is 0 Å². The lowest BCUT2D eigenvalue weighted by Gasteiger charge is -2.32. The summed E-state index contributed by atoms with van der Waals surface area (Å²) >= 11 is 0. The zero-order valence-corrected chi connectivity index (χ0v) is 15.7. The molecule has 0 unspecified atom stereocenters. The van der Waals surface area contributed by atoms with E-state index in [1.807, 2.05) is 0 Å². The molecule has 2 aliphatic heterocycles. The SMILES string of the molecule is COCCN1CCCc2cc3c(cc21)CCNCC3.O=C(O)/C=C/C(=O)O. The summed E-state index contributed by atoms with van der Waals surface area (Å²) < 4.78 is 5.24. The van der Waals surface area contributed by atoms with Crippen molar-refractivity contribution in [3.05, 3.63) is 41.0 Å². The Balaban J connectivity index is 0.000000279. The maximum Gasteiger partial charge on any atom is 0.328 e. The van der Waals surface area contributed by atoms with Gasteiger partial charge in [0.1, 0.15) is 0 Å². The van der Waals surface area contributed by atoms with Crippen molar-refractivity contribution in [3.63, 3.8) is 0 Å². The summed E-state index contributed by atoms with van der Waals surface area (Å²) in [4.78, 5) is 21.6. The second kappa shape index (κ2) is 10.7. The predicted molar refractivity (Wildman–Crippen MR) is 104 cm³/mol. The summed E-state index contributed by atoms with van der Waals surface area (Å²) in [5, 5.41) is 19.1. The summed E-state index contributed by atoms with van der Waals surface area (Å²) in [6.07, 6.45) is 5.97. The van der Waals surface area contributed by atoms with E-state index in [9.17, 15) is 9.59 Å². The molecule has 3 N–H and O–H groups in total. The Kier molecular flexibility index (Phi) is 8.29. The number of carboxylic acid groups (broad SMARTS) is 2. The third-order valence-corrected chi connectivity index (χ3v) is 4.69. The van der Waals surface area contributed by atoms with Gasteiger partial charge in [0.25, 0.3) is 0 Å². The van der Waals surface area contributed by atoms with E-state index < -0.39 is 11.9 Å². The van der Waals surface area contributed by atoms with Crippen LogP contribution in [0.5, 0.6) is 0 Å². The van der Waals surface area contributed by atoms with Crippen LogP contribution >= 0.6 is 0 Å². The number of carbonyl (C=O) groups is 2. The zero-order valence-electron chi connectivity index (χ0n) is 15.7. The lowest BCUT2D eigenvalue weighted by Crippen LogP contribution is -2.32. The Morgan fingerprint density at radius 2 is 1.70 bits per heavy atom. The molecule has 0 aromatic heterocycles. The van der Waals surface area contributed by atoms with Gasteiger partial charge in [-0.1, -0.05) is 6.07 Å². The number of aryl methyl sites for hydroxylation is 1. The van der Waals surface area contributed by atoms with E-state index in [2.05, 4.69) is 22.3 Å². The van der Waals surface area contributed by atoms with Crippen LogP contribution in [-0.2, 0) is 33.6 Å². The van der Waals surface area contributed by atoms with Gasteiger partial charge in [-0.25, -0.2) is 9.59 Å². The van der Waals surface area contributed by atoms with Gasteiger partial charge in [0.05, 0.1) is 6.61 Å². The van der Waals surface area contributed by atoms with Crippen molar-refractivity contribution in [2.75, 3.05) is 44.8 Å². The van der Waals surface area contributed by atoms with Crippen LogP contribution in [0.1, 0.15) is 23.1 Å². The molecular formula is C20H28N2O5. The van der Waals surface area contributed by atoms with Crippen molar-refractivity contribution >= 4 is 17.6 Å². The van der Waals surface area contributed by atoms with Crippen LogP contribution in [-0.4, -0.2) is 62.0 Å². The van der Waals surface area contributed by atoms with Crippen molar-refractivity contribution in [1.82, 2.24) is 5.32 Å². The molecule has 0 aliphatic carbocycles. The number of methoxy groups -OCH3 is 1. The highest BCUT2D eigenvalue weighted by atomic mass is 16.5.